The van der Waals surface area contributed by atoms with Crippen LogP contribution in [-0.4, -0.2) is 0 Å². The molecule has 0 heterocycles. The molecule has 0 fully saturated rings. The van der Waals surface area contributed by atoms with Gasteiger partial charge in [-0.2, -0.15) is 0 Å². The van der Waals surface area contributed by atoms with Crippen molar-refractivity contribution in [3.63, 3.8) is 0 Å². The summed E-state index contributed by atoms with van der Waals surface area (Å²) in [5, 5.41) is 5.10. The van der Waals surface area contributed by atoms with E-state index in [1.165, 1.54) is 11.1 Å². The molecule has 140 valence electrons. The van der Waals surface area contributed by atoms with E-state index in [2.05, 4.69) is 37.4 Å². The lowest BCUT2D eigenvalue weighted by molar-refractivity contribution is 0.306. The number of anilines is 1. The predicted octanol–water partition coefficient (Wildman–Crippen LogP) is 7.45. The lowest BCUT2D eigenvalue weighted by Crippen LogP contribution is -2.02. The van der Waals surface area contributed by atoms with Gasteiger partial charge in [0.15, 0.2) is 5.75 Å². The Kier molecular flexibility index (Phi) is 6.54. The molecule has 0 radical (unpaired) electrons. The van der Waals surface area contributed by atoms with Gasteiger partial charge in [-0.3, -0.25) is 0 Å². The molecule has 0 aromatic heterocycles. The van der Waals surface area contributed by atoms with E-state index in [0.717, 1.165) is 16.8 Å². The van der Waals surface area contributed by atoms with Crippen LogP contribution in [0.15, 0.2) is 54.6 Å². The number of rotatable bonds is 6. The maximum absolute atomic E-state index is 6.40. The second-order valence-corrected chi connectivity index (χ2v) is 7.73. The van der Waals surface area contributed by atoms with Crippen LogP contribution >= 0.6 is 34.8 Å². The Balaban J connectivity index is 1.67. The Bertz CT molecular complexity index is 916. The summed E-state index contributed by atoms with van der Waals surface area (Å²) in [5.41, 5.74) is 5.52. The number of nitrogens with one attached hydrogen (secondary N) is 1. The Morgan fingerprint density at radius 3 is 2.11 bits per heavy atom. The first-order chi connectivity index (χ1) is 12.9. The third-order valence-corrected chi connectivity index (χ3v) is 5.03. The smallest absolute Gasteiger partial charge is 0.156 e. The third kappa shape index (κ3) is 5.32. The van der Waals surface area contributed by atoms with Crippen LogP contribution in [0.1, 0.15) is 22.3 Å². The molecule has 3 rings (SSSR count). The first kappa shape index (κ1) is 19.9. The number of hydrogen-bond acceptors (Lipinski definition) is 2. The fraction of sp³-hybridized carbons (Fsp3) is 0.182. The van der Waals surface area contributed by atoms with E-state index in [-0.39, 0.29) is 0 Å². The Labute approximate surface area is 175 Å². The van der Waals surface area contributed by atoms with Crippen LogP contribution in [0.3, 0.4) is 0 Å². The van der Waals surface area contributed by atoms with E-state index in [1.54, 1.807) is 0 Å². The minimum atomic E-state index is 0.372. The topological polar surface area (TPSA) is 21.3 Å². The number of aryl methyl sites for hydroxylation is 2. The quantitative estimate of drug-likeness (QED) is 0.447. The average Bonchev–Trinajstić information content (AvgIpc) is 2.62. The van der Waals surface area contributed by atoms with Crippen LogP contribution in [0.25, 0.3) is 0 Å². The monoisotopic (exact) mass is 419 g/mol. The van der Waals surface area contributed by atoms with Gasteiger partial charge in [-0.1, -0.05) is 64.6 Å². The van der Waals surface area contributed by atoms with Crippen molar-refractivity contribution in [3.05, 3.63) is 91.9 Å². The van der Waals surface area contributed by atoms with Gasteiger partial charge < -0.3 is 10.1 Å². The first-order valence-corrected chi connectivity index (χ1v) is 9.72. The third-order valence-electron chi connectivity index (χ3n) is 4.22. The lowest BCUT2D eigenvalue weighted by Gasteiger charge is -2.14. The maximum Gasteiger partial charge on any atom is 0.156 e. The van der Waals surface area contributed by atoms with Gasteiger partial charge in [0.2, 0.25) is 0 Å². The average molecular weight is 421 g/mol. The van der Waals surface area contributed by atoms with Gasteiger partial charge in [0.25, 0.3) is 0 Å². The fourth-order valence-corrected chi connectivity index (χ4v) is 3.57. The van der Waals surface area contributed by atoms with Crippen molar-refractivity contribution in [1.29, 1.82) is 0 Å². The van der Waals surface area contributed by atoms with Gasteiger partial charge in [-0.15, -0.1) is 0 Å². The molecular weight excluding hydrogens is 401 g/mol. The highest BCUT2D eigenvalue weighted by Gasteiger charge is 2.11. The minimum absolute atomic E-state index is 0.372. The first-order valence-electron chi connectivity index (χ1n) is 8.58. The summed E-state index contributed by atoms with van der Waals surface area (Å²) in [7, 11) is 0. The molecular formula is C22H20Cl3NO. The van der Waals surface area contributed by atoms with Crippen LogP contribution in [0.2, 0.25) is 15.1 Å². The molecule has 0 saturated heterocycles. The van der Waals surface area contributed by atoms with Crippen molar-refractivity contribution in [2.75, 3.05) is 5.32 Å². The van der Waals surface area contributed by atoms with Gasteiger partial charge in [0, 0.05) is 17.3 Å². The summed E-state index contributed by atoms with van der Waals surface area (Å²) in [6.07, 6.45) is 0. The van der Waals surface area contributed by atoms with Crippen molar-refractivity contribution >= 4 is 40.5 Å². The second-order valence-electron chi connectivity index (χ2n) is 6.48. The van der Waals surface area contributed by atoms with Gasteiger partial charge in [-0.05, 0) is 60.9 Å². The summed E-state index contributed by atoms with van der Waals surface area (Å²) >= 11 is 18.7. The van der Waals surface area contributed by atoms with E-state index in [0.29, 0.717) is 34.0 Å². The van der Waals surface area contributed by atoms with Gasteiger partial charge in [0.05, 0.1) is 10.0 Å². The largest absolute Gasteiger partial charge is 0.486 e. The minimum Gasteiger partial charge on any atom is -0.486 e. The standard InChI is InChI=1S/C22H20Cl3NO/c1-14-3-8-21(15(2)9-14)26-12-17-10-19(24)22(20(25)11-17)27-13-16-4-6-18(23)7-5-16/h3-11,26H,12-13H2,1-2H3. The molecule has 3 aromatic carbocycles. The molecule has 0 spiro atoms. The highest BCUT2D eigenvalue weighted by Crippen LogP contribution is 2.35. The van der Waals surface area contributed by atoms with E-state index in [9.17, 15) is 0 Å². The van der Waals surface area contributed by atoms with Crippen LogP contribution in [-0.2, 0) is 13.2 Å². The molecule has 0 aliphatic heterocycles. The van der Waals surface area contributed by atoms with Gasteiger partial charge in [0.1, 0.15) is 6.61 Å². The molecule has 0 amide bonds. The SMILES string of the molecule is Cc1ccc(NCc2cc(Cl)c(OCc3ccc(Cl)cc3)c(Cl)c2)c(C)c1. The second kappa shape index (κ2) is 8.88. The van der Waals surface area contributed by atoms with Crippen molar-refractivity contribution in [2.24, 2.45) is 0 Å². The molecule has 0 bridgehead atoms. The predicted molar refractivity (Wildman–Crippen MR) is 115 cm³/mol. The van der Waals surface area contributed by atoms with E-state index in [4.69, 9.17) is 39.5 Å². The molecule has 2 nitrogen and oxygen atoms in total. The molecule has 1 N–H and O–H groups in total. The van der Waals surface area contributed by atoms with Gasteiger partial charge in [-0.25, -0.2) is 0 Å². The molecule has 5 heteroatoms. The number of benzene rings is 3. The number of ether oxygens (including phenoxy) is 1. The summed E-state index contributed by atoms with van der Waals surface area (Å²) in [4.78, 5) is 0. The zero-order valence-corrected chi connectivity index (χ0v) is 17.4. The zero-order valence-electron chi connectivity index (χ0n) is 15.2. The Hall–Kier alpha value is -1.87. The molecule has 0 aliphatic carbocycles. The van der Waals surface area contributed by atoms with Gasteiger partial charge >= 0.3 is 0 Å². The van der Waals surface area contributed by atoms with E-state index in [1.807, 2.05) is 36.4 Å². The lowest BCUT2D eigenvalue weighted by atomic mass is 10.1. The van der Waals surface area contributed by atoms with E-state index < -0.39 is 0 Å². The van der Waals surface area contributed by atoms with Crippen molar-refractivity contribution in [2.45, 2.75) is 27.0 Å². The number of hydrogen-bond donors (Lipinski definition) is 1. The normalized spacial score (nSPS) is 10.7. The maximum atomic E-state index is 6.40. The van der Waals surface area contributed by atoms with Crippen LogP contribution in [0.5, 0.6) is 5.75 Å². The highest BCUT2D eigenvalue weighted by atomic mass is 35.5. The Morgan fingerprint density at radius 1 is 0.815 bits per heavy atom. The molecule has 0 aliphatic rings. The van der Waals surface area contributed by atoms with Crippen LogP contribution in [0.4, 0.5) is 5.69 Å². The van der Waals surface area contributed by atoms with Crippen molar-refractivity contribution in [1.82, 2.24) is 0 Å². The van der Waals surface area contributed by atoms with Crippen LogP contribution < -0.4 is 10.1 Å². The summed E-state index contributed by atoms with van der Waals surface area (Å²) in [5.74, 6) is 0.489. The fourth-order valence-electron chi connectivity index (χ4n) is 2.80. The van der Waals surface area contributed by atoms with Crippen molar-refractivity contribution in [3.8, 4) is 5.75 Å². The highest BCUT2D eigenvalue weighted by molar-refractivity contribution is 6.37. The molecule has 0 saturated carbocycles. The van der Waals surface area contributed by atoms with Crippen molar-refractivity contribution < 1.29 is 4.74 Å². The summed E-state index contributed by atoms with van der Waals surface area (Å²) < 4.78 is 5.82. The number of halogens is 3. The Morgan fingerprint density at radius 2 is 1.48 bits per heavy atom. The summed E-state index contributed by atoms with van der Waals surface area (Å²) in [6, 6.07) is 17.5. The molecule has 0 atom stereocenters. The van der Waals surface area contributed by atoms with E-state index >= 15 is 0 Å². The molecule has 3 aromatic rings. The summed E-state index contributed by atoms with van der Waals surface area (Å²) in [6.45, 7) is 5.17. The molecule has 27 heavy (non-hydrogen) atoms. The zero-order chi connectivity index (χ0) is 19.4. The molecule has 0 unspecified atom stereocenters. The van der Waals surface area contributed by atoms with Crippen LogP contribution in [0, 0.1) is 13.8 Å².